The van der Waals surface area contributed by atoms with Crippen LogP contribution in [0.25, 0.3) is 0 Å². The third-order valence-corrected chi connectivity index (χ3v) is 4.52. The van der Waals surface area contributed by atoms with E-state index in [1.807, 2.05) is 11.6 Å². The van der Waals surface area contributed by atoms with Crippen LogP contribution in [-0.2, 0) is 12.1 Å². The summed E-state index contributed by atoms with van der Waals surface area (Å²) in [7, 11) is 0. The molecule has 0 aliphatic heterocycles. The molecule has 4 heteroatoms. The zero-order valence-electron chi connectivity index (χ0n) is 11.5. The molecule has 0 amide bonds. The highest BCUT2D eigenvalue weighted by Gasteiger charge is 2.45. The van der Waals surface area contributed by atoms with Gasteiger partial charge in [-0.05, 0) is 31.6 Å². The van der Waals surface area contributed by atoms with Gasteiger partial charge in [-0.15, -0.1) is 0 Å². The van der Waals surface area contributed by atoms with Crippen LogP contribution in [0, 0.1) is 11.8 Å². The van der Waals surface area contributed by atoms with Gasteiger partial charge < -0.3 is 5.11 Å². The Morgan fingerprint density at radius 2 is 2.28 bits per heavy atom. The van der Waals surface area contributed by atoms with Crippen LogP contribution >= 0.6 is 11.6 Å². The zero-order chi connectivity index (χ0) is 13.3. The molecule has 0 aromatic carbocycles. The van der Waals surface area contributed by atoms with Crippen molar-refractivity contribution in [3.8, 4) is 0 Å². The molecule has 1 fully saturated rings. The van der Waals surface area contributed by atoms with Crippen LogP contribution in [-0.4, -0.2) is 14.9 Å². The molecule has 1 heterocycles. The Hall–Kier alpha value is -0.540. The third-order valence-electron chi connectivity index (χ3n) is 4.25. The van der Waals surface area contributed by atoms with Crippen LogP contribution in [0.4, 0.5) is 0 Å². The van der Waals surface area contributed by atoms with E-state index in [2.05, 4.69) is 18.9 Å². The van der Waals surface area contributed by atoms with Crippen molar-refractivity contribution in [1.82, 2.24) is 9.78 Å². The first-order chi connectivity index (χ1) is 8.50. The van der Waals surface area contributed by atoms with Crippen molar-refractivity contribution in [3.05, 3.63) is 16.9 Å². The standard InChI is InChI=1S/C14H23ClN2O/c1-4-17-13(12(15)9-16-17)14(18)8-6-5-7-11(14)10(2)3/h9-11,18H,4-8H2,1-3H3. The summed E-state index contributed by atoms with van der Waals surface area (Å²) in [6.07, 6.45) is 5.78. The predicted octanol–water partition coefficient (Wildman–Crippen LogP) is 3.59. The average Bonchev–Trinajstić information content (AvgIpc) is 2.71. The van der Waals surface area contributed by atoms with Crippen LogP contribution in [0.2, 0.25) is 5.02 Å². The summed E-state index contributed by atoms with van der Waals surface area (Å²) >= 11 is 6.27. The molecule has 1 aliphatic rings. The highest BCUT2D eigenvalue weighted by Crippen LogP contribution is 2.47. The number of rotatable bonds is 3. The molecule has 0 saturated heterocycles. The number of hydrogen-bond acceptors (Lipinski definition) is 2. The molecule has 2 unspecified atom stereocenters. The minimum absolute atomic E-state index is 0.269. The van der Waals surface area contributed by atoms with Gasteiger partial charge >= 0.3 is 0 Å². The van der Waals surface area contributed by atoms with Crippen molar-refractivity contribution in [2.75, 3.05) is 0 Å². The number of aromatic nitrogens is 2. The lowest BCUT2D eigenvalue weighted by atomic mass is 9.68. The van der Waals surface area contributed by atoms with E-state index in [0.29, 0.717) is 10.9 Å². The van der Waals surface area contributed by atoms with Crippen LogP contribution in [0.5, 0.6) is 0 Å². The fourth-order valence-corrected chi connectivity index (χ4v) is 3.70. The molecule has 2 atom stereocenters. The molecule has 3 nitrogen and oxygen atoms in total. The lowest BCUT2D eigenvalue weighted by molar-refractivity contribution is -0.0783. The normalized spacial score (nSPS) is 28.9. The molecule has 1 aromatic heterocycles. The number of hydrogen-bond donors (Lipinski definition) is 1. The zero-order valence-corrected chi connectivity index (χ0v) is 12.2. The minimum atomic E-state index is -0.810. The molecule has 1 saturated carbocycles. The number of halogens is 1. The Bertz CT molecular complexity index is 416. The highest BCUT2D eigenvalue weighted by atomic mass is 35.5. The van der Waals surface area contributed by atoms with Gasteiger partial charge in [-0.1, -0.05) is 38.3 Å². The number of nitrogens with zero attached hydrogens (tertiary/aromatic N) is 2. The summed E-state index contributed by atoms with van der Waals surface area (Å²) in [5.74, 6) is 0.720. The topological polar surface area (TPSA) is 38.0 Å². The smallest absolute Gasteiger partial charge is 0.111 e. The van der Waals surface area contributed by atoms with Crippen LogP contribution in [0.3, 0.4) is 0 Å². The van der Waals surface area contributed by atoms with Gasteiger partial charge in [-0.2, -0.15) is 5.10 Å². The van der Waals surface area contributed by atoms with Gasteiger partial charge in [0.05, 0.1) is 16.9 Å². The second-order valence-corrected chi connectivity index (χ2v) is 6.08. The van der Waals surface area contributed by atoms with E-state index in [1.54, 1.807) is 6.20 Å². The van der Waals surface area contributed by atoms with Crippen LogP contribution in [0.15, 0.2) is 6.20 Å². The molecular formula is C14H23ClN2O. The molecule has 1 N–H and O–H groups in total. The van der Waals surface area contributed by atoms with Crippen molar-refractivity contribution in [2.24, 2.45) is 11.8 Å². The number of aliphatic hydroxyl groups is 1. The van der Waals surface area contributed by atoms with Gasteiger partial charge in [0.1, 0.15) is 5.60 Å². The first kappa shape index (κ1) is 13.9. The van der Waals surface area contributed by atoms with Gasteiger partial charge in [-0.3, -0.25) is 4.68 Å². The predicted molar refractivity (Wildman–Crippen MR) is 73.6 cm³/mol. The largest absolute Gasteiger partial charge is 0.383 e. The van der Waals surface area contributed by atoms with Gasteiger partial charge in [-0.25, -0.2) is 0 Å². The number of aryl methyl sites for hydroxylation is 1. The van der Waals surface area contributed by atoms with Gasteiger partial charge in [0.25, 0.3) is 0 Å². The molecule has 0 radical (unpaired) electrons. The first-order valence-electron chi connectivity index (χ1n) is 6.94. The maximum absolute atomic E-state index is 11.2. The second kappa shape index (κ2) is 5.22. The molecule has 18 heavy (non-hydrogen) atoms. The Morgan fingerprint density at radius 3 is 2.89 bits per heavy atom. The third kappa shape index (κ3) is 2.19. The van der Waals surface area contributed by atoms with E-state index in [9.17, 15) is 5.11 Å². The van der Waals surface area contributed by atoms with E-state index < -0.39 is 5.60 Å². The average molecular weight is 271 g/mol. The Balaban J connectivity index is 2.46. The van der Waals surface area contributed by atoms with E-state index in [-0.39, 0.29) is 5.92 Å². The van der Waals surface area contributed by atoms with Gasteiger partial charge in [0.15, 0.2) is 0 Å². The summed E-state index contributed by atoms with van der Waals surface area (Å²) in [6, 6.07) is 0. The van der Waals surface area contributed by atoms with E-state index in [0.717, 1.165) is 31.5 Å². The molecular weight excluding hydrogens is 248 g/mol. The summed E-state index contributed by atoms with van der Waals surface area (Å²) in [5.41, 5.74) is 0.0146. The first-order valence-corrected chi connectivity index (χ1v) is 7.32. The van der Waals surface area contributed by atoms with Crippen molar-refractivity contribution >= 4 is 11.6 Å². The fraction of sp³-hybridized carbons (Fsp3) is 0.786. The van der Waals surface area contributed by atoms with Crippen molar-refractivity contribution in [1.29, 1.82) is 0 Å². The summed E-state index contributed by atoms with van der Waals surface area (Å²) in [6.45, 7) is 7.14. The summed E-state index contributed by atoms with van der Waals surface area (Å²) < 4.78 is 1.85. The SMILES string of the molecule is CCn1ncc(Cl)c1C1(O)CCCCC1C(C)C. The van der Waals surface area contributed by atoms with Crippen molar-refractivity contribution in [3.63, 3.8) is 0 Å². The molecule has 1 aromatic rings. The van der Waals surface area contributed by atoms with E-state index in [1.165, 1.54) is 6.42 Å². The second-order valence-electron chi connectivity index (χ2n) is 5.68. The van der Waals surface area contributed by atoms with E-state index >= 15 is 0 Å². The van der Waals surface area contributed by atoms with E-state index in [4.69, 9.17) is 11.6 Å². The van der Waals surface area contributed by atoms with Crippen molar-refractivity contribution < 1.29 is 5.11 Å². The Morgan fingerprint density at radius 1 is 1.56 bits per heavy atom. The molecule has 0 spiro atoms. The van der Waals surface area contributed by atoms with Crippen molar-refractivity contribution in [2.45, 2.75) is 58.6 Å². The quantitative estimate of drug-likeness (QED) is 0.911. The van der Waals surface area contributed by atoms with Crippen LogP contribution < -0.4 is 0 Å². The molecule has 2 rings (SSSR count). The summed E-state index contributed by atoms with van der Waals surface area (Å²) in [5, 5.41) is 16.1. The van der Waals surface area contributed by atoms with Gasteiger partial charge in [0, 0.05) is 6.54 Å². The summed E-state index contributed by atoms with van der Waals surface area (Å²) in [4.78, 5) is 0. The maximum atomic E-state index is 11.2. The lowest BCUT2D eigenvalue weighted by Crippen LogP contribution is -2.42. The minimum Gasteiger partial charge on any atom is -0.383 e. The van der Waals surface area contributed by atoms with Crippen LogP contribution in [0.1, 0.15) is 52.1 Å². The molecule has 102 valence electrons. The Labute approximate surface area is 114 Å². The molecule has 1 aliphatic carbocycles. The van der Waals surface area contributed by atoms with Gasteiger partial charge in [0.2, 0.25) is 0 Å². The highest BCUT2D eigenvalue weighted by molar-refractivity contribution is 6.31. The maximum Gasteiger partial charge on any atom is 0.111 e. The fourth-order valence-electron chi connectivity index (χ4n) is 3.39. The Kier molecular flexibility index (Phi) is 4.02. The molecule has 0 bridgehead atoms. The monoisotopic (exact) mass is 270 g/mol. The lowest BCUT2D eigenvalue weighted by Gasteiger charge is -2.42.